The van der Waals surface area contributed by atoms with Crippen molar-refractivity contribution in [3.8, 4) is 16.8 Å². The zero-order valence-electron chi connectivity index (χ0n) is 17.7. The predicted molar refractivity (Wildman–Crippen MR) is 124 cm³/mol. The first-order chi connectivity index (χ1) is 15.6. The quantitative estimate of drug-likeness (QED) is 0.503. The summed E-state index contributed by atoms with van der Waals surface area (Å²) in [6.07, 6.45) is 11.3. The minimum Gasteiger partial charge on any atom is -0.355 e. The van der Waals surface area contributed by atoms with Crippen LogP contribution in [0, 0.1) is 0 Å². The Balaban J connectivity index is 1.45. The highest BCUT2D eigenvalue weighted by atomic mass is 32.2. The summed E-state index contributed by atoms with van der Waals surface area (Å²) < 4.78 is 14.6. The second-order valence-electron chi connectivity index (χ2n) is 7.93. The molecule has 1 aromatic carbocycles. The molecule has 162 valence electrons. The van der Waals surface area contributed by atoms with Gasteiger partial charge in [-0.2, -0.15) is 5.10 Å². The number of carbonyl (C=O) groups excluding carboxylic acids is 1. The highest BCUT2D eigenvalue weighted by Crippen LogP contribution is 2.28. The van der Waals surface area contributed by atoms with E-state index in [0.717, 1.165) is 52.8 Å². The number of hydrogen-bond acceptors (Lipinski definition) is 5. The molecule has 4 aromatic rings. The van der Waals surface area contributed by atoms with Crippen LogP contribution in [0.3, 0.4) is 0 Å². The van der Waals surface area contributed by atoms with Crippen LogP contribution < -0.4 is 5.32 Å². The van der Waals surface area contributed by atoms with Gasteiger partial charge in [0.1, 0.15) is 0 Å². The summed E-state index contributed by atoms with van der Waals surface area (Å²) in [5.41, 5.74) is 3.95. The molecule has 1 atom stereocenters. The number of nitrogens with zero attached hydrogens (tertiary/aromatic N) is 4. The van der Waals surface area contributed by atoms with Gasteiger partial charge in [0.15, 0.2) is 5.65 Å². The molecule has 1 aliphatic rings. The Morgan fingerprint density at radius 3 is 2.56 bits per heavy atom. The van der Waals surface area contributed by atoms with Crippen molar-refractivity contribution in [3.63, 3.8) is 0 Å². The first-order valence-corrected chi connectivity index (χ1v) is 11.9. The Hall–Kier alpha value is -3.39. The van der Waals surface area contributed by atoms with Gasteiger partial charge >= 0.3 is 0 Å². The molecule has 1 amide bonds. The third kappa shape index (κ3) is 3.82. The van der Waals surface area contributed by atoms with Crippen LogP contribution in [-0.4, -0.2) is 42.2 Å². The van der Waals surface area contributed by atoms with Crippen molar-refractivity contribution in [2.75, 3.05) is 7.05 Å². The molecule has 7 nitrogen and oxygen atoms in total. The van der Waals surface area contributed by atoms with Gasteiger partial charge in [-0.1, -0.05) is 25.0 Å². The molecule has 1 aliphatic carbocycles. The molecule has 1 unspecified atom stereocenters. The topological polar surface area (TPSA) is 89.8 Å². The normalized spacial score (nSPS) is 15.2. The Morgan fingerprint density at radius 1 is 1.03 bits per heavy atom. The highest BCUT2D eigenvalue weighted by molar-refractivity contribution is 7.85. The van der Waals surface area contributed by atoms with E-state index in [1.807, 2.05) is 24.3 Å². The van der Waals surface area contributed by atoms with Crippen LogP contribution in [0.25, 0.3) is 27.8 Å². The zero-order chi connectivity index (χ0) is 22.1. The molecule has 0 bridgehead atoms. The van der Waals surface area contributed by atoms with Gasteiger partial charge in [0.2, 0.25) is 0 Å². The Morgan fingerprint density at radius 2 is 1.81 bits per heavy atom. The first kappa shape index (κ1) is 20.5. The Kier molecular flexibility index (Phi) is 5.53. The third-order valence-electron chi connectivity index (χ3n) is 5.90. The lowest BCUT2D eigenvalue weighted by atomic mass is 10.1. The van der Waals surface area contributed by atoms with Crippen LogP contribution in [0.2, 0.25) is 0 Å². The molecule has 5 rings (SSSR count). The summed E-state index contributed by atoms with van der Waals surface area (Å²) in [6.45, 7) is 0. The lowest BCUT2D eigenvalue weighted by molar-refractivity contribution is 0.0963. The number of benzene rings is 1. The van der Waals surface area contributed by atoms with Crippen LogP contribution in [0.1, 0.15) is 36.0 Å². The molecular formula is C24H23N5O2S. The lowest BCUT2D eigenvalue weighted by Crippen LogP contribution is -2.17. The highest BCUT2D eigenvalue weighted by Gasteiger charge is 2.23. The van der Waals surface area contributed by atoms with Crippen molar-refractivity contribution in [3.05, 3.63) is 66.7 Å². The van der Waals surface area contributed by atoms with Gasteiger partial charge in [-0.25, -0.2) is 9.67 Å². The molecule has 0 saturated heterocycles. The van der Waals surface area contributed by atoms with E-state index in [2.05, 4.69) is 20.4 Å². The molecule has 32 heavy (non-hydrogen) atoms. The van der Waals surface area contributed by atoms with Crippen LogP contribution in [-0.2, 0) is 10.8 Å². The monoisotopic (exact) mass is 445 g/mol. The number of fused-ring (bicyclic) bond motifs is 1. The summed E-state index contributed by atoms with van der Waals surface area (Å²) >= 11 is 0. The number of nitrogens with one attached hydrogen (secondary N) is 1. The summed E-state index contributed by atoms with van der Waals surface area (Å²) in [5.74, 6) is -0.120. The van der Waals surface area contributed by atoms with Gasteiger partial charge in [0, 0.05) is 41.2 Å². The van der Waals surface area contributed by atoms with E-state index in [4.69, 9.17) is 0 Å². The molecule has 1 saturated carbocycles. The maximum Gasteiger partial charge on any atom is 0.251 e. The second-order valence-corrected chi connectivity index (χ2v) is 9.67. The molecule has 8 heteroatoms. The van der Waals surface area contributed by atoms with E-state index in [1.54, 1.807) is 48.6 Å². The standard InChI is InChI=1S/C24H23N5O2S/c1-25-24(30)17-8-6-16(7-9-17)18-10-20(14-26-12-18)29-23-19(13-28-29)11-22(15-27-23)32(31)21-4-2-3-5-21/h6-15,21H,2-5H2,1H3,(H,25,30). The van der Waals surface area contributed by atoms with Crippen molar-refractivity contribution in [2.45, 2.75) is 35.8 Å². The van der Waals surface area contributed by atoms with Crippen LogP contribution in [0.5, 0.6) is 0 Å². The van der Waals surface area contributed by atoms with Gasteiger partial charge in [-0.15, -0.1) is 0 Å². The summed E-state index contributed by atoms with van der Waals surface area (Å²) in [7, 11) is 0.587. The largest absolute Gasteiger partial charge is 0.355 e. The average molecular weight is 446 g/mol. The van der Waals surface area contributed by atoms with Crippen molar-refractivity contribution >= 4 is 27.7 Å². The predicted octanol–water partition coefficient (Wildman–Crippen LogP) is 3.89. The van der Waals surface area contributed by atoms with E-state index >= 15 is 0 Å². The first-order valence-electron chi connectivity index (χ1n) is 10.7. The number of carbonyl (C=O) groups is 1. The molecule has 1 fully saturated rings. The van der Waals surface area contributed by atoms with E-state index in [-0.39, 0.29) is 11.2 Å². The van der Waals surface area contributed by atoms with Gasteiger partial charge in [-0.05, 0) is 42.7 Å². The van der Waals surface area contributed by atoms with Crippen molar-refractivity contribution < 1.29 is 9.00 Å². The van der Waals surface area contributed by atoms with E-state index in [1.165, 1.54) is 0 Å². The number of amides is 1. The summed E-state index contributed by atoms with van der Waals surface area (Å²) in [6, 6.07) is 11.3. The lowest BCUT2D eigenvalue weighted by Gasteiger charge is -2.09. The van der Waals surface area contributed by atoms with Crippen molar-refractivity contribution in [2.24, 2.45) is 0 Å². The summed E-state index contributed by atoms with van der Waals surface area (Å²) in [5, 5.41) is 8.22. The zero-order valence-corrected chi connectivity index (χ0v) is 18.5. The fraction of sp³-hybridized carbons (Fsp3) is 0.250. The van der Waals surface area contributed by atoms with E-state index in [0.29, 0.717) is 11.2 Å². The molecule has 1 N–H and O–H groups in total. The SMILES string of the molecule is CNC(=O)c1ccc(-c2cncc(-n3ncc4cc(S(=O)C5CCCC5)cnc43)c2)cc1. The van der Waals surface area contributed by atoms with Crippen molar-refractivity contribution in [1.29, 1.82) is 0 Å². The van der Waals surface area contributed by atoms with Crippen molar-refractivity contribution in [1.82, 2.24) is 25.1 Å². The van der Waals surface area contributed by atoms with E-state index in [9.17, 15) is 9.00 Å². The van der Waals surface area contributed by atoms with Gasteiger partial charge in [0.25, 0.3) is 5.91 Å². The van der Waals surface area contributed by atoms with Crippen LogP contribution >= 0.6 is 0 Å². The molecular weight excluding hydrogens is 422 g/mol. The Bertz CT molecular complexity index is 1310. The molecule has 0 aliphatic heterocycles. The fourth-order valence-electron chi connectivity index (χ4n) is 4.15. The molecule has 0 radical (unpaired) electrons. The molecule has 0 spiro atoms. The number of aromatic nitrogens is 4. The third-order valence-corrected chi connectivity index (χ3v) is 7.66. The van der Waals surface area contributed by atoms with Gasteiger partial charge in [0.05, 0.1) is 33.8 Å². The van der Waals surface area contributed by atoms with Gasteiger partial charge < -0.3 is 5.32 Å². The fourth-order valence-corrected chi connectivity index (χ4v) is 5.70. The maximum absolute atomic E-state index is 12.9. The second kappa shape index (κ2) is 8.63. The maximum atomic E-state index is 12.9. The minimum atomic E-state index is -1.03. The molecule has 3 aromatic heterocycles. The number of pyridine rings is 2. The minimum absolute atomic E-state index is 0.120. The number of rotatable bonds is 5. The van der Waals surface area contributed by atoms with Gasteiger partial charge in [-0.3, -0.25) is 14.0 Å². The summed E-state index contributed by atoms with van der Waals surface area (Å²) in [4.78, 5) is 21.5. The van der Waals surface area contributed by atoms with Crippen LogP contribution in [0.15, 0.2) is 66.1 Å². The number of hydrogen-bond donors (Lipinski definition) is 1. The van der Waals surface area contributed by atoms with E-state index < -0.39 is 10.8 Å². The van der Waals surface area contributed by atoms with Crippen LogP contribution in [0.4, 0.5) is 0 Å². The molecule has 3 heterocycles. The Labute approximate surface area is 188 Å². The smallest absolute Gasteiger partial charge is 0.251 e. The average Bonchev–Trinajstić information content (AvgIpc) is 3.53.